The fourth-order valence-corrected chi connectivity index (χ4v) is 3.27. The molecule has 29 heavy (non-hydrogen) atoms. The third-order valence-corrected chi connectivity index (χ3v) is 4.72. The number of amides is 1. The molecule has 0 spiro atoms. The van der Waals surface area contributed by atoms with Crippen LogP contribution in [0.5, 0.6) is 5.75 Å². The average molecular weight is 389 g/mol. The number of para-hydroxylation sites is 2. The standard InChI is InChI=1S/C23H23N3O3/c1-26-15-17(14-25-26)8-7-13-24-23(27)22-20(16-28-18-9-3-2-4-10-18)19-11-5-6-12-21(19)29-22/h2-6,9-12,14-15H,7-8,13,16H2,1H3,(H,24,27). The second kappa shape index (κ2) is 8.65. The monoisotopic (exact) mass is 389 g/mol. The van der Waals surface area contributed by atoms with Gasteiger partial charge in [-0.1, -0.05) is 36.4 Å². The van der Waals surface area contributed by atoms with Crippen LogP contribution in [0.15, 0.2) is 71.4 Å². The largest absolute Gasteiger partial charge is 0.489 e. The molecule has 0 unspecified atom stereocenters. The van der Waals surface area contributed by atoms with E-state index in [-0.39, 0.29) is 12.5 Å². The first-order valence-corrected chi connectivity index (χ1v) is 9.64. The fourth-order valence-electron chi connectivity index (χ4n) is 3.27. The number of furan rings is 1. The van der Waals surface area contributed by atoms with Gasteiger partial charge in [-0.3, -0.25) is 9.48 Å². The number of fused-ring (bicyclic) bond motifs is 1. The summed E-state index contributed by atoms with van der Waals surface area (Å²) in [5.74, 6) is 0.836. The fraction of sp³-hybridized carbons (Fsp3) is 0.217. The molecule has 0 fully saturated rings. The van der Waals surface area contributed by atoms with Gasteiger partial charge >= 0.3 is 0 Å². The van der Waals surface area contributed by atoms with Crippen LogP contribution in [0, 0.1) is 0 Å². The topological polar surface area (TPSA) is 69.3 Å². The van der Waals surface area contributed by atoms with E-state index in [1.54, 1.807) is 4.68 Å². The van der Waals surface area contributed by atoms with E-state index in [1.165, 1.54) is 0 Å². The van der Waals surface area contributed by atoms with Gasteiger partial charge in [0.15, 0.2) is 5.76 Å². The first-order valence-electron chi connectivity index (χ1n) is 9.64. The van der Waals surface area contributed by atoms with Crippen LogP contribution in [0.2, 0.25) is 0 Å². The number of nitrogens with one attached hydrogen (secondary N) is 1. The second-order valence-electron chi connectivity index (χ2n) is 6.89. The van der Waals surface area contributed by atoms with E-state index < -0.39 is 0 Å². The van der Waals surface area contributed by atoms with E-state index in [4.69, 9.17) is 9.15 Å². The van der Waals surface area contributed by atoms with Gasteiger partial charge in [0.05, 0.1) is 6.20 Å². The van der Waals surface area contributed by atoms with Gasteiger partial charge in [-0.15, -0.1) is 0 Å². The maximum absolute atomic E-state index is 12.8. The molecule has 0 bridgehead atoms. The van der Waals surface area contributed by atoms with E-state index in [0.717, 1.165) is 35.1 Å². The van der Waals surface area contributed by atoms with Crippen LogP contribution in [0.1, 0.15) is 28.1 Å². The van der Waals surface area contributed by atoms with Gasteiger partial charge in [0.25, 0.3) is 5.91 Å². The van der Waals surface area contributed by atoms with Crippen molar-refractivity contribution in [3.8, 4) is 5.75 Å². The van der Waals surface area contributed by atoms with Gasteiger partial charge in [-0.05, 0) is 36.6 Å². The predicted octanol–water partition coefficient (Wildman–Crippen LogP) is 4.11. The highest BCUT2D eigenvalue weighted by atomic mass is 16.5. The lowest BCUT2D eigenvalue weighted by atomic mass is 10.1. The molecule has 2 aromatic heterocycles. The van der Waals surface area contributed by atoms with Crippen molar-refractivity contribution in [2.45, 2.75) is 19.4 Å². The molecule has 0 aliphatic rings. The predicted molar refractivity (Wildman–Crippen MR) is 111 cm³/mol. The van der Waals surface area contributed by atoms with Crippen molar-refractivity contribution >= 4 is 16.9 Å². The second-order valence-corrected chi connectivity index (χ2v) is 6.89. The summed E-state index contributed by atoms with van der Waals surface area (Å²) in [4.78, 5) is 12.8. The summed E-state index contributed by atoms with van der Waals surface area (Å²) < 4.78 is 13.5. The van der Waals surface area contributed by atoms with E-state index >= 15 is 0 Å². The summed E-state index contributed by atoms with van der Waals surface area (Å²) in [5.41, 5.74) is 2.59. The summed E-state index contributed by atoms with van der Waals surface area (Å²) in [6, 6.07) is 17.2. The molecular weight excluding hydrogens is 366 g/mol. The maximum Gasteiger partial charge on any atom is 0.287 e. The smallest absolute Gasteiger partial charge is 0.287 e. The lowest BCUT2D eigenvalue weighted by Gasteiger charge is -2.07. The van der Waals surface area contributed by atoms with Gasteiger partial charge < -0.3 is 14.5 Å². The molecule has 4 rings (SSSR count). The molecule has 2 heterocycles. The number of aromatic nitrogens is 2. The highest BCUT2D eigenvalue weighted by Gasteiger charge is 2.20. The summed E-state index contributed by atoms with van der Waals surface area (Å²) >= 11 is 0. The number of aryl methyl sites for hydroxylation is 2. The number of carbonyl (C=O) groups excluding carboxylic acids is 1. The molecule has 4 aromatic rings. The number of hydrogen-bond donors (Lipinski definition) is 1. The number of rotatable bonds is 8. The molecule has 0 atom stereocenters. The van der Waals surface area contributed by atoms with E-state index in [2.05, 4.69) is 10.4 Å². The maximum atomic E-state index is 12.8. The molecule has 0 aliphatic carbocycles. The molecule has 0 saturated carbocycles. The minimum absolute atomic E-state index is 0.223. The third kappa shape index (κ3) is 4.48. The molecule has 0 radical (unpaired) electrons. The van der Waals surface area contributed by atoms with Crippen LogP contribution in [0.3, 0.4) is 0 Å². The lowest BCUT2D eigenvalue weighted by Crippen LogP contribution is -2.25. The number of nitrogens with zero attached hydrogens (tertiary/aromatic N) is 2. The Morgan fingerprint density at radius 1 is 1.14 bits per heavy atom. The van der Waals surface area contributed by atoms with Crippen molar-refractivity contribution in [1.29, 1.82) is 0 Å². The van der Waals surface area contributed by atoms with E-state index in [0.29, 0.717) is 17.9 Å². The van der Waals surface area contributed by atoms with Crippen LogP contribution >= 0.6 is 0 Å². The Kier molecular flexibility index (Phi) is 5.61. The van der Waals surface area contributed by atoms with Gasteiger partial charge in [0.2, 0.25) is 0 Å². The van der Waals surface area contributed by atoms with Crippen LogP contribution in [0.25, 0.3) is 11.0 Å². The molecule has 6 heteroatoms. The summed E-state index contributed by atoms with van der Waals surface area (Å²) in [6.45, 7) is 0.823. The van der Waals surface area contributed by atoms with E-state index in [1.807, 2.05) is 74.0 Å². The van der Waals surface area contributed by atoms with Crippen molar-refractivity contribution in [2.75, 3.05) is 6.54 Å². The van der Waals surface area contributed by atoms with Crippen molar-refractivity contribution in [3.05, 3.63) is 83.9 Å². The van der Waals surface area contributed by atoms with Crippen LogP contribution in [-0.2, 0) is 20.1 Å². The number of carbonyl (C=O) groups is 1. The van der Waals surface area contributed by atoms with E-state index in [9.17, 15) is 4.79 Å². The molecule has 2 aromatic carbocycles. The van der Waals surface area contributed by atoms with Crippen LogP contribution in [-0.4, -0.2) is 22.2 Å². The van der Waals surface area contributed by atoms with Gasteiger partial charge in [-0.25, -0.2) is 0 Å². The van der Waals surface area contributed by atoms with Crippen LogP contribution in [0.4, 0.5) is 0 Å². The Bertz CT molecular complexity index is 1100. The van der Waals surface area contributed by atoms with Gasteiger partial charge in [0, 0.05) is 30.7 Å². The summed E-state index contributed by atoms with van der Waals surface area (Å²) in [5, 5.41) is 8.01. The van der Waals surface area contributed by atoms with Crippen molar-refractivity contribution in [2.24, 2.45) is 7.05 Å². The van der Waals surface area contributed by atoms with Crippen LogP contribution < -0.4 is 10.1 Å². The highest BCUT2D eigenvalue weighted by Crippen LogP contribution is 2.27. The molecule has 6 nitrogen and oxygen atoms in total. The highest BCUT2D eigenvalue weighted by molar-refractivity contribution is 5.99. The Morgan fingerprint density at radius 2 is 1.93 bits per heavy atom. The number of ether oxygens (including phenoxy) is 1. The zero-order chi connectivity index (χ0) is 20.1. The third-order valence-electron chi connectivity index (χ3n) is 4.72. The minimum atomic E-state index is -0.223. The van der Waals surface area contributed by atoms with Crippen molar-refractivity contribution < 1.29 is 13.9 Å². The zero-order valence-corrected chi connectivity index (χ0v) is 16.3. The average Bonchev–Trinajstić information content (AvgIpc) is 3.33. The summed E-state index contributed by atoms with van der Waals surface area (Å²) in [6.07, 6.45) is 5.52. The molecule has 0 saturated heterocycles. The Balaban J connectivity index is 1.44. The zero-order valence-electron chi connectivity index (χ0n) is 16.3. The molecule has 1 N–H and O–H groups in total. The van der Waals surface area contributed by atoms with Gasteiger partial charge in [-0.2, -0.15) is 5.10 Å². The first-order chi connectivity index (χ1) is 14.2. The Labute approximate surface area is 169 Å². The first kappa shape index (κ1) is 18.8. The number of hydrogen-bond acceptors (Lipinski definition) is 4. The quantitative estimate of drug-likeness (QED) is 0.461. The summed E-state index contributed by atoms with van der Waals surface area (Å²) in [7, 11) is 1.89. The molecular formula is C23H23N3O3. The Hall–Kier alpha value is -3.54. The van der Waals surface area contributed by atoms with Crippen molar-refractivity contribution in [1.82, 2.24) is 15.1 Å². The normalized spacial score (nSPS) is 10.9. The lowest BCUT2D eigenvalue weighted by molar-refractivity contribution is 0.0924. The van der Waals surface area contributed by atoms with Gasteiger partial charge in [0.1, 0.15) is 17.9 Å². The SMILES string of the molecule is Cn1cc(CCCNC(=O)c2oc3ccccc3c2COc2ccccc2)cn1. The molecule has 0 aliphatic heterocycles. The molecule has 148 valence electrons. The Morgan fingerprint density at radius 3 is 2.72 bits per heavy atom. The molecule has 1 amide bonds. The van der Waals surface area contributed by atoms with Crippen molar-refractivity contribution in [3.63, 3.8) is 0 Å². The minimum Gasteiger partial charge on any atom is -0.489 e. The number of benzene rings is 2.